The number of nitrogens with zero attached hydrogens (tertiary/aromatic N) is 3. The predicted molar refractivity (Wildman–Crippen MR) is 119 cm³/mol. The quantitative estimate of drug-likeness (QED) is 0.624. The molecule has 31 heavy (non-hydrogen) atoms. The van der Waals surface area contributed by atoms with E-state index in [9.17, 15) is 13.2 Å². The summed E-state index contributed by atoms with van der Waals surface area (Å²) >= 11 is 0. The van der Waals surface area contributed by atoms with E-state index in [1.807, 2.05) is 24.3 Å². The number of methoxy groups -OCH3 is 1. The number of carbonyl (C=O) groups excluding carboxylic acids is 1. The molecule has 0 aliphatic carbocycles. The van der Waals surface area contributed by atoms with E-state index in [2.05, 4.69) is 18.8 Å². The van der Waals surface area contributed by atoms with E-state index < -0.39 is 10.0 Å². The van der Waals surface area contributed by atoms with E-state index in [1.165, 1.54) is 11.4 Å². The lowest BCUT2D eigenvalue weighted by molar-refractivity contribution is -0.139. The zero-order chi connectivity index (χ0) is 22.4. The number of ether oxygens (including phenoxy) is 1. The number of sulfonamides is 1. The molecule has 1 aliphatic rings. The molecule has 1 aliphatic heterocycles. The number of hydrogen-bond acceptors (Lipinski definition) is 5. The molecule has 0 bridgehead atoms. The van der Waals surface area contributed by atoms with Crippen LogP contribution in [0, 0.1) is 0 Å². The topological polar surface area (TPSA) is 79.8 Å². The van der Waals surface area contributed by atoms with E-state index in [0.717, 1.165) is 17.5 Å². The van der Waals surface area contributed by atoms with Gasteiger partial charge in [0.2, 0.25) is 15.9 Å². The van der Waals surface area contributed by atoms with Gasteiger partial charge in [-0.3, -0.25) is 9.78 Å². The Hall–Kier alpha value is -2.29. The molecule has 7 nitrogen and oxygen atoms in total. The number of piperidine rings is 1. The molecule has 1 atom stereocenters. The van der Waals surface area contributed by atoms with Crippen LogP contribution in [-0.4, -0.2) is 61.4 Å². The molecule has 1 amide bonds. The van der Waals surface area contributed by atoms with Crippen molar-refractivity contribution in [3.05, 3.63) is 59.9 Å². The van der Waals surface area contributed by atoms with Crippen molar-refractivity contribution < 1.29 is 17.9 Å². The fraction of sp³-hybridized carbons (Fsp3) is 0.478. The first-order chi connectivity index (χ1) is 14.8. The van der Waals surface area contributed by atoms with Gasteiger partial charge < -0.3 is 9.64 Å². The molecule has 2 heterocycles. The molecule has 1 aromatic heterocycles. The summed E-state index contributed by atoms with van der Waals surface area (Å²) in [6, 6.07) is 10.6. The van der Waals surface area contributed by atoms with E-state index in [-0.39, 0.29) is 25.1 Å². The van der Waals surface area contributed by atoms with Gasteiger partial charge in [0.05, 0.1) is 4.90 Å². The fourth-order valence-electron chi connectivity index (χ4n) is 3.88. The highest BCUT2D eigenvalue weighted by Gasteiger charge is 2.34. The fourth-order valence-corrected chi connectivity index (χ4v) is 5.40. The largest absolute Gasteiger partial charge is 0.375 e. The second kappa shape index (κ2) is 10.3. The summed E-state index contributed by atoms with van der Waals surface area (Å²) in [7, 11) is -2.15. The molecule has 0 spiro atoms. The second-order valence-corrected chi connectivity index (χ2v) is 10.1. The summed E-state index contributed by atoms with van der Waals surface area (Å²) in [4.78, 5) is 18.9. The van der Waals surface area contributed by atoms with Crippen LogP contribution in [0.1, 0.15) is 43.7 Å². The minimum Gasteiger partial charge on any atom is -0.375 e. The SMILES string of the molecule is COCC(=O)N(Cc1cccnc1)C1CCCN(S(=O)(=O)c2ccc(C(C)C)cc2)C1. The van der Waals surface area contributed by atoms with Crippen molar-refractivity contribution in [2.45, 2.75) is 50.1 Å². The number of benzene rings is 1. The van der Waals surface area contributed by atoms with E-state index in [4.69, 9.17) is 4.74 Å². The van der Waals surface area contributed by atoms with Gasteiger partial charge in [0.1, 0.15) is 6.61 Å². The van der Waals surface area contributed by atoms with Crippen LogP contribution in [0.5, 0.6) is 0 Å². The van der Waals surface area contributed by atoms with Crippen LogP contribution in [-0.2, 0) is 26.1 Å². The highest BCUT2D eigenvalue weighted by atomic mass is 32.2. The van der Waals surface area contributed by atoms with Crippen molar-refractivity contribution in [2.75, 3.05) is 26.8 Å². The predicted octanol–water partition coefficient (Wildman–Crippen LogP) is 3.03. The van der Waals surface area contributed by atoms with Crippen molar-refractivity contribution in [1.82, 2.24) is 14.2 Å². The number of aromatic nitrogens is 1. The van der Waals surface area contributed by atoms with E-state index in [0.29, 0.717) is 30.3 Å². The molecule has 1 unspecified atom stereocenters. The van der Waals surface area contributed by atoms with Crippen LogP contribution in [0.2, 0.25) is 0 Å². The summed E-state index contributed by atoms with van der Waals surface area (Å²) in [5.41, 5.74) is 2.00. The Labute approximate surface area is 185 Å². The lowest BCUT2D eigenvalue weighted by Crippen LogP contribution is -2.52. The lowest BCUT2D eigenvalue weighted by atomic mass is 10.0. The van der Waals surface area contributed by atoms with Crippen LogP contribution in [0.4, 0.5) is 0 Å². The smallest absolute Gasteiger partial charge is 0.249 e. The summed E-state index contributed by atoms with van der Waals surface area (Å²) < 4.78 is 33.1. The Morgan fingerprint density at radius 2 is 2.00 bits per heavy atom. The van der Waals surface area contributed by atoms with Gasteiger partial charge in [0, 0.05) is 45.2 Å². The number of amides is 1. The molecule has 0 N–H and O–H groups in total. The maximum atomic E-state index is 13.3. The van der Waals surface area contributed by atoms with Gasteiger partial charge in [-0.15, -0.1) is 0 Å². The standard InChI is InChI=1S/C23H31N3O4S/c1-18(2)20-8-10-22(11-9-20)31(28,29)25-13-5-7-21(16-25)26(23(27)17-30-3)15-19-6-4-12-24-14-19/h4,6,8-12,14,18,21H,5,7,13,15-17H2,1-3H3. The van der Waals surface area contributed by atoms with Crippen molar-refractivity contribution in [1.29, 1.82) is 0 Å². The number of hydrogen-bond donors (Lipinski definition) is 0. The first-order valence-electron chi connectivity index (χ1n) is 10.6. The van der Waals surface area contributed by atoms with Gasteiger partial charge in [0.15, 0.2) is 0 Å². The highest BCUT2D eigenvalue weighted by Crippen LogP contribution is 2.25. The summed E-state index contributed by atoms with van der Waals surface area (Å²) in [6.07, 6.45) is 4.84. The zero-order valence-electron chi connectivity index (χ0n) is 18.4. The Morgan fingerprint density at radius 3 is 2.61 bits per heavy atom. The van der Waals surface area contributed by atoms with Gasteiger partial charge in [-0.05, 0) is 48.1 Å². The maximum absolute atomic E-state index is 13.3. The maximum Gasteiger partial charge on any atom is 0.249 e. The first-order valence-corrected chi connectivity index (χ1v) is 12.0. The van der Waals surface area contributed by atoms with Crippen LogP contribution < -0.4 is 0 Å². The number of pyridine rings is 1. The molecular weight excluding hydrogens is 414 g/mol. The van der Waals surface area contributed by atoms with Crippen molar-refractivity contribution in [2.24, 2.45) is 0 Å². The van der Waals surface area contributed by atoms with E-state index >= 15 is 0 Å². The average molecular weight is 446 g/mol. The van der Waals surface area contributed by atoms with Crippen LogP contribution in [0.25, 0.3) is 0 Å². The van der Waals surface area contributed by atoms with Gasteiger partial charge >= 0.3 is 0 Å². The third-order valence-corrected chi connectivity index (χ3v) is 7.53. The number of rotatable bonds is 8. The Kier molecular flexibility index (Phi) is 7.80. The first kappa shape index (κ1) is 23.4. The minimum atomic E-state index is -3.63. The van der Waals surface area contributed by atoms with Gasteiger partial charge in [-0.2, -0.15) is 4.31 Å². The van der Waals surface area contributed by atoms with Gasteiger partial charge in [-0.1, -0.05) is 32.0 Å². The molecule has 1 fully saturated rings. The third-order valence-electron chi connectivity index (χ3n) is 5.65. The third kappa shape index (κ3) is 5.70. The molecule has 0 radical (unpaired) electrons. The molecular formula is C23H31N3O4S. The molecule has 1 saturated heterocycles. The monoisotopic (exact) mass is 445 g/mol. The average Bonchev–Trinajstić information content (AvgIpc) is 2.78. The zero-order valence-corrected chi connectivity index (χ0v) is 19.2. The molecule has 2 aromatic rings. The van der Waals surface area contributed by atoms with E-state index in [1.54, 1.807) is 29.4 Å². The lowest BCUT2D eigenvalue weighted by Gasteiger charge is -2.38. The molecule has 1 aromatic carbocycles. The minimum absolute atomic E-state index is 0.0415. The summed E-state index contributed by atoms with van der Waals surface area (Å²) in [5, 5.41) is 0. The Balaban J connectivity index is 1.81. The van der Waals surface area contributed by atoms with Crippen LogP contribution >= 0.6 is 0 Å². The second-order valence-electron chi connectivity index (χ2n) is 8.20. The van der Waals surface area contributed by atoms with Crippen molar-refractivity contribution in [3.8, 4) is 0 Å². The normalized spacial score (nSPS) is 17.6. The van der Waals surface area contributed by atoms with Crippen LogP contribution in [0.3, 0.4) is 0 Å². The molecule has 8 heteroatoms. The van der Waals surface area contributed by atoms with Gasteiger partial charge in [0.25, 0.3) is 0 Å². The summed E-state index contributed by atoms with van der Waals surface area (Å²) in [5.74, 6) is 0.181. The van der Waals surface area contributed by atoms with Crippen molar-refractivity contribution >= 4 is 15.9 Å². The molecule has 0 saturated carbocycles. The van der Waals surface area contributed by atoms with Crippen molar-refractivity contribution in [3.63, 3.8) is 0 Å². The number of carbonyl (C=O) groups is 1. The summed E-state index contributed by atoms with van der Waals surface area (Å²) in [6.45, 7) is 5.20. The Bertz CT molecular complexity index is 962. The van der Waals surface area contributed by atoms with Crippen LogP contribution in [0.15, 0.2) is 53.7 Å². The van der Waals surface area contributed by atoms with Gasteiger partial charge in [-0.25, -0.2) is 8.42 Å². The highest BCUT2D eigenvalue weighted by molar-refractivity contribution is 7.89. The molecule has 168 valence electrons. The molecule has 3 rings (SSSR count). The Morgan fingerprint density at radius 1 is 1.26 bits per heavy atom.